The smallest absolute Gasteiger partial charge is 0.415 e. The first-order chi connectivity index (χ1) is 18.8. The van der Waals surface area contributed by atoms with Crippen molar-refractivity contribution < 1.29 is 19.1 Å². The minimum Gasteiger partial charge on any atom is -0.460 e. The number of nitrogens with zero attached hydrogens (tertiary/aromatic N) is 6. The molecule has 3 N–H and O–H groups in total. The Balaban J connectivity index is 1.31. The lowest BCUT2D eigenvalue weighted by atomic mass is 10.1. The van der Waals surface area contributed by atoms with Gasteiger partial charge in [0.2, 0.25) is 11.9 Å². The van der Waals surface area contributed by atoms with E-state index in [2.05, 4.69) is 41.2 Å². The molecule has 3 aromatic rings. The molecule has 0 spiro atoms. The summed E-state index contributed by atoms with van der Waals surface area (Å²) in [5, 5.41) is 7.87. The van der Waals surface area contributed by atoms with Gasteiger partial charge in [-0.2, -0.15) is 19.6 Å². The van der Waals surface area contributed by atoms with Crippen molar-refractivity contribution in [3.8, 4) is 11.8 Å². The number of likely N-dealkylation sites (tertiary alicyclic amines) is 2. The molecule has 2 aliphatic heterocycles. The van der Waals surface area contributed by atoms with Crippen molar-refractivity contribution in [1.29, 1.82) is 0 Å². The van der Waals surface area contributed by atoms with Crippen LogP contribution in [0, 0.1) is 0 Å². The van der Waals surface area contributed by atoms with E-state index in [1.54, 1.807) is 16.6 Å². The summed E-state index contributed by atoms with van der Waals surface area (Å²) in [6.07, 6.45) is 4.43. The van der Waals surface area contributed by atoms with Crippen LogP contribution in [0.4, 0.5) is 10.7 Å². The van der Waals surface area contributed by atoms with Gasteiger partial charge in [0, 0.05) is 31.7 Å². The molecule has 208 valence electrons. The molecule has 39 heavy (non-hydrogen) atoms. The average Bonchev–Trinajstić information content (AvgIpc) is 3.57. The fourth-order valence-corrected chi connectivity index (χ4v) is 5.04. The molecule has 4 heterocycles. The average molecular weight is 537 g/mol. The summed E-state index contributed by atoms with van der Waals surface area (Å²) in [6.45, 7) is 7.00. The summed E-state index contributed by atoms with van der Waals surface area (Å²) >= 11 is 0. The molecule has 2 saturated heterocycles. The molecular weight excluding hydrogens is 500 g/mol. The van der Waals surface area contributed by atoms with E-state index in [1.165, 1.54) is 4.90 Å². The van der Waals surface area contributed by atoms with E-state index in [9.17, 15) is 9.59 Å². The lowest BCUT2D eigenvalue weighted by molar-refractivity contribution is -0.121. The van der Waals surface area contributed by atoms with Gasteiger partial charge in [0.25, 0.3) is 0 Å². The third-order valence-corrected chi connectivity index (χ3v) is 7.30. The number of carbonyl (C=O) groups is 2. The summed E-state index contributed by atoms with van der Waals surface area (Å²) in [4.78, 5) is 37.4. The topological polar surface area (TPSA) is 140 Å². The minimum atomic E-state index is -0.627. The van der Waals surface area contributed by atoms with Gasteiger partial charge in [-0.15, -0.1) is 0 Å². The number of benzene rings is 1. The van der Waals surface area contributed by atoms with Crippen molar-refractivity contribution in [2.24, 2.45) is 5.73 Å². The van der Waals surface area contributed by atoms with Crippen LogP contribution in [0.1, 0.15) is 56.6 Å². The van der Waals surface area contributed by atoms with Crippen LogP contribution in [0.2, 0.25) is 0 Å². The number of anilines is 1. The van der Waals surface area contributed by atoms with Crippen LogP contribution < -0.4 is 20.5 Å². The second kappa shape index (κ2) is 11.4. The molecule has 0 bridgehead atoms. The first-order valence-corrected chi connectivity index (χ1v) is 13.5. The van der Waals surface area contributed by atoms with Gasteiger partial charge in [0.05, 0.1) is 6.20 Å². The van der Waals surface area contributed by atoms with Gasteiger partial charge in [-0.05, 0) is 56.3 Å². The van der Waals surface area contributed by atoms with E-state index in [-0.39, 0.29) is 12.0 Å². The van der Waals surface area contributed by atoms with E-state index in [0.717, 1.165) is 43.5 Å². The Hall–Kier alpha value is -3.93. The van der Waals surface area contributed by atoms with Gasteiger partial charge >= 0.3 is 12.1 Å². The zero-order chi connectivity index (χ0) is 27.5. The van der Waals surface area contributed by atoms with Crippen molar-refractivity contribution in [2.75, 3.05) is 32.0 Å². The minimum absolute atomic E-state index is 0.0676. The standard InChI is InChI=1S/C27H36N8O4/c1-17(2)21-16-30-35-24(21)31-26(38-19-9-12-33(3)13-10-19)32-25(35)29-15-18-6-4-7-20(14-18)39-27(37)34-11-5-8-22(34)23(28)36/h4,6-7,14,16-17,19,22H,5,8-13,15H2,1-3H3,(H2,28,36)(H,29,31,32). The number of hydrogen-bond donors (Lipinski definition) is 2. The normalized spacial score (nSPS) is 18.6. The van der Waals surface area contributed by atoms with Crippen LogP contribution in [0.3, 0.4) is 0 Å². The molecule has 2 aliphatic rings. The number of piperidine rings is 1. The Morgan fingerprint density at radius 3 is 2.69 bits per heavy atom. The van der Waals surface area contributed by atoms with Crippen LogP contribution in [0.15, 0.2) is 30.5 Å². The van der Waals surface area contributed by atoms with Crippen LogP contribution in [-0.2, 0) is 11.3 Å². The van der Waals surface area contributed by atoms with Gasteiger partial charge in [0.1, 0.15) is 17.9 Å². The first-order valence-electron chi connectivity index (χ1n) is 13.5. The third-order valence-electron chi connectivity index (χ3n) is 7.30. The van der Waals surface area contributed by atoms with Crippen molar-refractivity contribution in [3.05, 3.63) is 41.6 Å². The molecule has 2 fully saturated rings. The highest BCUT2D eigenvalue weighted by Crippen LogP contribution is 2.25. The van der Waals surface area contributed by atoms with Crippen LogP contribution >= 0.6 is 0 Å². The lowest BCUT2D eigenvalue weighted by Crippen LogP contribution is -2.44. The van der Waals surface area contributed by atoms with Crippen molar-refractivity contribution >= 4 is 23.6 Å². The molecule has 12 nitrogen and oxygen atoms in total. The number of nitrogens with one attached hydrogen (secondary N) is 1. The number of amides is 2. The lowest BCUT2D eigenvalue weighted by Gasteiger charge is -2.28. The molecule has 0 radical (unpaired) electrons. The fraction of sp³-hybridized carbons (Fsp3) is 0.519. The van der Waals surface area contributed by atoms with Crippen LogP contribution in [0.25, 0.3) is 5.65 Å². The highest BCUT2D eigenvalue weighted by Gasteiger charge is 2.34. The Morgan fingerprint density at radius 1 is 1.15 bits per heavy atom. The summed E-state index contributed by atoms with van der Waals surface area (Å²) in [6, 6.07) is 6.91. The summed E-state index contributed by atoms with van der Waals surface area (Å²) < 4.78 is 13.5. The molecule has 0 aliphatic carbocycles. The second-order valence-electron chi connectivity index (χ2n) is 10.6. The van der Waals surface area contributed by atoms with Gasteiger partial charge in [-0.3, -0.25) is 9.69 Å². The Bertz CT molecular complexity index is 1330. The number of nitrogens with two attached hydrogens (primary N) is 1. The van der Waals surface area contributed by atoms with Gasteiger partial charge in [-0.1, -0.05) is 26.0 Å². The zero-order valence-corrected chi connectivity index (χ0v) is 22.7. The van der Waals surface area contributed by atoms with Gasteiger partial charge in [0.15, 0.2) is 5.65 Å². The maximum atomic E-state index is 12.7. The largest absolute Gasteiger partial charge is 0.460 e. The highest BCUT2D eigenvalue weighted by atomic mass is 16.6. The van der Waals surface area contributed by atoms with Crippen molar-refractivity contribution in [1.82, 2.24) is 29.4 Å². The van der Waals surface area contributed by atoms with E-state index >= 15 is 0 Å². The maximum Gasteiger partial charge on any atom is 0.415 e. The Kier molecular flexibility index (Phi) is 7.82. The molecule has 12 heteroatoms. The Morgan fingerprint density at radius 2 is 1.95 bits per heavy atom. The number of rotatable bonds is 8. The van der Waals surface area contributed by atoms with Crippen molar-refractivity contribution in [3.63, 3.8) is 0 Å². The number of fused-ring (bicyclic) bond motifs is 1. The third kappa shape index (κ3) is 6.06. The fourth-order valence-electron chi connectivity index (χ4n) is 5.04. The van der Waals surface area contributed by atoms with E-state index in [1.807, 2.05) is 18.3 Å². The quantitative estimate of drug-likeness (QED) is 0.445. The first kappa shape index (κ1) is 26.7. The van der Waals surface area contributed by atoms with Gasteiger partial charge < -0.3 is 25.4 Å². The Labute approximate surface area is 227 Å². The second-order valence-corrected chi connectivity index (χ2v) is 10.6. The monoisotopic (exact) mass is 536 g/mol. The van der Waals surface area contributed by atoms with Crippen molar-refractivity contribution in [2.45, 2.75) is 64.1 Å². The summed E-state index contributed by atoms with van der Waals surface area (Å²) in [7, 11) is 2.11. The number of carbonyl (C=O) groups excluding carboxylic acids is 2. The maximum absolute atomic E-state index is 12.7. The number of aromatic nitrogens is 4. The van der Waals surface area contributed by atoms with E-state index in [0.29, 0.717) is 42.9 Å². The molecule has 5 rings (SSSR count). The summed E-state index contributed by atoms with van der Waals surface area (Å²) in [5.41, 5.74) is 8.03. The number of ether oxygens (including phenoxy) is 2. The molecule has 2 amide bonds. The van der Waals surface area contributed by atoms with E-state index in [4.69, 9.17) is 20.2 Å². The SMILES string of the molecule is CC(C)c1cnn2c(NCc3cccc(OC(=O)N4CCCC4C(N)=O)c3)nc(OC3CCN(C)CC3)nc12. The zero-order valence-electron chi connectivity index (χ0n) is 22.7. The van der Waals surface area contributed by atoms with Gasteiger partial charge in [-0.25, -0.2) is 4.79 Å². The molecule has 2 aromatic heterocycles. The van der Waals surface area contributed by atoms with Crippen LogP contribution in [-0.4, -0.2) is 80.2 Å². The number of primary amides is 1. The van der Waals surface area contributed by atoms with Crippen LogP contribution in [0.5, 0.6) is 11.8 Å². The number of hydrogen-bond acceptors (Lipinski definition) is 9. The summed E-state index contributed by atoms with van der Waals surface area (Å²) in [5.74, 6) is 0.614. The van der Waals surface area contributed by atoms with E-state index < -0.39 is 18.0 Å². The molecule has 0 saturated carbocycles. The highest BCUT2D eigenvalue weighted by molar-refractivity contribution is 5.85. The predicted octanol–water partition coefficient (Wildman–Crippen LogP) is 2.78. The molecule has 1 aromatic carbocycles. The molecule has 1 unspecified atom stereocenters. The molecule has 1 atom stereocenters. The predicted molar refractivity (Wildman–Crippen MR) is 145 cm³/mol. The molecular formula is C27H36N8O4.